The molecular weight excluding hydrogens is 492 g/mol. The van der Waals surface area contributed by atoms with Crippen molar-refractivity contribution in [1.82, 2.24) is 15.5 Å². The average Bonchev–Trinajstić information content (AvgIpc) is 3.20. The minimum absolute atomic E-state index is 0.0123. The molecule has 1 aromatic rings. The summed E-state index contributed by atoms with van der Waals surface area (Å²) in [5.41, 5.74) is 2.12. The van der Waals surface area contributed by atoms with Gasteiger partial charge in [0.1, 0.15) is 6.29 Å². The molecule has 1 aliphatic rings. The van der Waals surface area contributed by atoms with Gasteiger partial charge in [0.25, 0.3) is 0 Å². The van der Waals surface area contributed by atoms with Crippen LogP contribution in [-0.4, -0.2) is 72.5 Å². The molecule has 9 nitrogen and oxygen atoms in total. The van der Waals surface area contributed by atoms with Gasteiger partial charge in [-0.25, -0.2) is 0 Å². The number of hydrogen-bond donors (Lipinski definition) is 3. The van der Waals surface area contributed by atoms with E-state index in [1.54, 1.807) is 13.3 Å². The van der Waals surface area contributed by atoms with Gasteiger partial charge >= 0.3 is 0 Å². The number of nitrogens with zero attached hydrogens (tertiary/aromatic N) is 1. The van der Waals surface area contributed by atoms with Crippen molar-refractivity contribution in [2.75, 3.05) is 31.7 Å². The second kappa shape index (κ2) is 22.5. The van der Waals surface area contributed by atoms with Gasteiger partial charge in [-0.3, -0.25) is 24.1 Å². The number of thioether (sulfide) groups is 1. The molecule has 1 aromatic carbocycles. The Morgan fingerprint density at radius 2 is 1.70 bits per heavy atom. The number of nitrogens with one attached hydrogen (secondary N) is 3. The molecule has 0 spiro atoms. The van der Waals surface area contributed by atoms with E-state index in [1.807, 2.05) is 45.0 Å². The van der Waals surface area contributed by atoms with Crippen LogP contribution in [0.4, 0.5) is 5.69 Å². The van der Waals surface area contributed by atoms with Crippen LogP contribution in [0.2, 0.25) is 0 Å². The largest absolute Gasteiger partial charge is 0.349 e. The van der Waals surface area contributed by atoms with Gasteiger partial charge in [-0.05, 0) is 44.3 Å². The summed E-state index contributed by atoms with van der Waals surface area (Å²) in [5, 5.41) is 7.77. The number of benzene rings is 1. The SMILES string of the molecule is CC.CCC.CCc1ccc(NC(=O)C(C)NC)cc1.CSC1CC(=O)N(CCC(=O)NCC=O)C1=O. The zero-order valence-corrected chi connectivity index (χ0v) is 24.5. The highest BCUT2D eigenvalue weighted by Crippen LogP contribution is 2.22. The zero-order valence-electron chi connectivity index (χ0n) is 23.7. The smallest absolute Gasteiger partial charge is 0.242 e. The third-order valence-electron chi connectivity index (χ3n) is 4.89. The van der Waals surface area contributed by atoms with Crippen molar-refractivity contribution in [3.8, 4) is 0 Å². The normalized spacial score (nSPS) is 14.6. The van der Waals surface area contributed by atoms with Gasteiger partial charge in [0.15, 0.2) is 0 Å². The van der Waals surface area contributed by atoms with Gasteiger partial charge in [-0.2, -0.15) is 11.8 Å². The number of aldehydes is 1. The molecule has 3 N–H and O–H groups in total. The maximum atomic E-state index is 11.7. The van der Waals surface area contributed by atoms with Crippen molar-refractivity contribution in [2.45, 2.75) is 78.5 Å². The molecule has 0 aromatic heterocycles. The predicted molar refractivity (Wildman–Crippen MR) is 153 cm³/mol. The van der Waals surface area contributed by atoms with Gasteiger partial charge in [0.2, 0.25) is 23.6 Å². The molecule has 1 heterocycles. The fourth-order valence-corrected chi connectivity index (χ4v) is 3.37. The lowest BCUT2D eigenvalue weighted by molar-refractivity contribution is -0.138. The standard InChI is InChI=1S/C12H18N2O.C10H14N2O4S.C3H8.C2H6/c1-4-10-5-7-11(8-6-10)14-12(15)9(2)13-3;1-17-7-6-9(15)12(10(7)16)4-2-8(14)11-3-5-13;1-3-2;1-2/h5-9,13H,4H2,1-3H3,(H,14,15);5,7H,2-4,6H2,1H3,(H,11,14);3H2,1-2H3;1-2H3. The topological polar surface area (TPSA) is 125 Å². The molecule has 0 saturated carbocycles. The highest BCUT2D eigenvalue weighted by atomic mass is 32.2. The van der Waals surface area contributed by atoms with E-state index in [4.69, 9.17) is 0 Å². The summed E-state index contributed by atoms with van der Waals surface area (Å²) in [6.07, 6.45) is 4.85. The maximum Gasteiger partial charge on any atom is 0.242 e. The monoisotopic (exact) mass is 538 g/mol. The molecule has 0 aliphatic carbocycles. The van der Waals surface area contributed by atoms with E-state index >= 15 is 0 Å². The van der Waals surface area contributed by atoms with E-state index in [9.17, 15) is 24.0 Å². The predicted octanol–water partition coefficient (Wildman–Crippen LogP) is 3.42. The number of likely N-dealkylation sites (tertiary alicyclic amines) is 1. The number of imide groups is 1. The minimum Gasteiger partial charge on any atom is -0.349 e. The van der Waals surface area contributed by atoms with E-state index in [0.717, 1.165) is 17.0 Å². The first-order chi connectivity index (χ1) is 17.7. The maximum absolute atomic E-state index is 11.7. The van der Waals surface area contributed by atoms with Crippen LogP contribution in [0.15, 0.2) is 24.3 Å². The van der Waals surface area contributed by atoms with Gasteiger partial charge in [0, 0.05) is 25.1 Å². The van der Waals surface area contributed by atoms with Crippen molar-refractivity contribution in [3.63, 3.8) is 0 Å². The van der Waals surface area contributed by atoms with Crippen molar-refractivity contribution >= 4 is 47.4 Å². The van der Waals surface area contributed by atoms with Gasteiger partial charge in [-0.1, -0.05) is 53.2 Å². The van der Waals surface area contributed by atoms with E-state index in [0.29, 0.717) is 6.29 Å². The third-order valence-corrected chi connectivity index (χ3v) is 5.83. The number of amides is 4. The molecule has 2 rings (SSSR count). The lowest BCUT2D eigenvalue weighted by atomic mass is 10.1. The van der Waals surface area contributed by atoms with Crippen molar-refractivity contribution in [3.05, 3.63) is 29.8 Å². The number of hydrogen-bond acceptors (Lipinski definition) is 7. The summed E-state index contributed by atoms with van der Waals surface area (Å²) in [4.78, 5) is 57.0. The zero-order chi connectivity index (χ0) is 28.8. The molecule has 210 valence electrons. The van der Waals surface area contributed by atoms with Crippen LogP contribution in [0.5, 0.6) is 0 Å². The molecule has 2 unspecified atom stereocenters. The van der Waals surface area contributed by atoms with Crippen LogP contribution in [0.1, 0.15) is 66.4 Å². The first kappa shape index (κ1) is 36.4. The van der Waals surface area contributed by atoms with Crippen molar-refractivity contribution in [1.29, 1.82) is 0 Å². The average molecular weight is 539 g/mol. The Hall–Kier alpha value is -2.72. The van der Waals surface area contributed by atoms with Gasteiger partial charge in [0.05, 0.1) is 17.8 Å². The Kier molecular flexibility index (Phi) is 22.1. The highest BCUT2D eigenvalue weighted by Gasteiger charge is 2.37. The summed E-state index contributed by atoms with van der Waals surface area (Å²) < 4.78 is 0. The van der Waals surface area contributed by atoms with Crippen LogP contribution < -0.4 is 16.0 Å². The fourth-order valence-electron chi connectivity index (χ4n) is 2.73. The Balaban J connectivity index is 0. The Labute approximate surface area is 226 Å². The van der Waals surface area contributed by atoms with Crippen LogP contribution >= 0.6 is 11.8 Å². The van der Waals surface area contributed by atoms with Crippen LogP contribution in [-0.2, 0) is 30.4 Å². The van der Waals surface area contributed by atoms with Crippen molar-refractivity contribution in [2.24, 2.45) is 0 Å². The van der Waals surface area contributed by atoms with E-state index in [2.05, 4.69) is 36.7 Å². The van der Waals surface area contributed by atoms with E-state index in [-0.39, 0.29) is 60.9 Å². The summed E-state index contributed by atoms with van der Waals surface area (Å²) in [7, 11) is 1.77. The fraction of sp³-hybridized carbons (Fsp3) is 0.593. The van der Waals surface area contributed by atoms with Gasteiger partial charge < -0.3 is 20.7 Å². The third kappa shape index (κ3) is 15.2. The molecule has 37 heavy (non-hydrogen) atoms. The van der Waals surface area contributed by atoms with Crippen LogP contribution in [0.25, 0.3) is 0 Å². The summed E-state index contributed by atoms with van der Waals surface area (Å²) in [5.74, 6) is -0.824. The quantitative estimate of drug-likeness (QED) is 0.308. The van der Waals surface area contributed by atoms with Crippen molar-refractivity contribution < 1.29 is 24.0 Å². The molecule has 1 saturated heterocycles. The molecule has 0 bridgehead atoms. The summed E-state index contributed by atoms with van der Waals surface area (Å²) >= 11 is 1.34. The number of carbonyl (C=O) groups is 5. The van der Waals surface area contributed by atoms with E-state index in [1.165, 1.54) is 23.7 Å². The van der Waals surface area contributed by atoms with Crippen LogP contribution in [0, 0.1) is 0 Å². The number of anilines is 1. The molecule has 4 amide bonds. The second-order valence-electron chi connectivity index (χ2n) is 7.79. The van der Waals surface area contributed by atoms with E-state index < -0.39 is 0 Å². The number of carbonyl (C=O) groups excluding carboxylic acids is 5. The molecule has 0 radical (unpaired) electrons. The Morgan fingerprint density at radius 1 is 1.14 bits per heavy atom. The lowest BCUT2D eigenvalue weighted by Crippen LogP contribution is -2.35. The Bertz CT molecular complexity index is 818. The summed E-state index contributed by atoms with van der Waals surface area (Å²) in [6, 6.07) is 7.74. The second-order valence-corrected chi connectivity index (χ2v) is 8.83. The summed E-state index contributed by atoms with van der Waals surface area (Å²) in [6.45, 7) is 12.2. The van der Waals surface area contributed by atoms with Crippen LogP contribution in [0.3, 0.4) is 0 Å². The lowest BCUT2D eigenvalue weighted by Gasteiger charge is -2.13. The highest BCUT2D eigenvalue weighted by molar-refractivity contribution is 8.00. The minimum atomic E-state index is -0.342. The number of aryl methyl sites for hydroxylation is 1. The first-order valence-electron chi connectivity index (χ1n) is 12.8. The van der Waals surface area contributed by atoms with Gasteiger partial charge in [-0.15, -0.1) is 0 Å². The molecule has 2 atom stereocenters. The first-order valence-corrected chi connectivity index (χ1v) is 14.1. The molecule has 1 aliphatic heterocycles. The molecule has 1 fully saturated rings. The molecule has 10 heteroatoms. The number of likely N-dealkylation sites (N-methyl/N-ethyl adjacent to an activating group) is 1. The number of rotatable bonds is 10. The molecular formula is C27H46N4O5S. The Morgan fingerprint density at radius 3 is 2.14 bits per heavy atom.